The molecule has 0 fully saturated rings. The van der Waals surface area contributed by atoms with Gasteiger partial charge in [0, 0.05) is 0 Å². The van der Waals surface area contributed by atoms with Crippen LogP contribution in [0, 0.1) is 45.4 Å². The Morgan fingerprint density at radius 3 is 1.13 bits per heavy atom. The Labute approximate surface area is 189 Å². The lowest BCUT2D eigenvalue weighted by Gasteiger charge is -2.23. The van der Waals surface area contributed by atoms with Gasteiger partial charge in [-0.1, -0.05) is 66.5 Å². The zero-order chi connectivity index (χ0) is 23.5. The summed E-state index contributed by atoms with van der Waals surface area (Å²) >= 11 is 0. The van der Waals surface area contributed by atoms with Crippen LogP contribution in [0.15, 0.2) is 22.3 Å². The molecule has 0 nitrogen and oxygen atoms in total. The van der Waals surface area contributed by atoms with E-state index in [1.807, 2.05) is 0 Å². The quantitative estimate of drug-likeness (QED) is 0.453. The minimum absolute atomic E-state index is 0.625. The van der Waals surface area contributed by atoms with Crippen LogP contribution in [-0.2, 0) is 6.42 Å². The van der Waals surface area contributed by atoms with Crippen LogP contribution in [0.3, 0.4) is 0 Å². The summed E-state index contributed by atoms with van der Waals surface area (Å²) in [6.45, 7) is 32.2. The molecule has 0 aliphatic heterocycles. The SMILES string of the molecule is CC1=C(C(C)C)CC(C(C)C)=C1C.Cc1c(C)c(C(C)C)c(C)c(C)c1CC(C)C. The van der Waals surface area contributed by atoms with Crippen molar-refractivity contribution >= 4 is 0 Å². The molecule has 0 saturated carbocycles. The highest BCUT2D eigenvalue weighted by molar-refractivity contribution is 5.51. The van der Waals surface area contributed by atoms with Gasteiger partial charge in [-0.15, -0.1) is 0 Å². The molecule has 0 atom stereocenters. The summed E-state index contributed by atoms with van der Waals surface area (Å²) in [5, 5.41) is 0. The number of allylic oxidation sites excluding steroid dienone is 4. The van der Waals surface area contributed by atoms with E-state index in [1.54, 1.807) is 33.4 Å². The van der Waals surface area contributed by atoms with Crippen LogP contribution in [0.25, 0.3) is 0 Å². The second kappa shape index (κ2) is 10.8. The average molecular weight is 411 g/mol. The molecule has 1 aliphatic rings. The predicted octanol–water partition coefficient (Wildman–Crippen LogP) is 9.58. The molecule has 0 spiro atoms. The van der Waals surface area contributed by atoms with Crippen molar-refractivity contribution in [2.75, 3.05) is 0 Å². The Balaban J connectivity index is 0.000000311. The standard InChI is InChI=1S/C17H28.C13H22/c1-10(2)9-16-12(5)14(7)17(11(3)4)15(8)13(16)6;1-8(2)12-7-13(9(3)4)11(6)10(12)5/h10-11H,9H2,1-8H3;8-9H,7H2,1-6H3. The van der Waals surface area contributed by atoms with Gasteiger partial charge in [-0.25, -0.2) is 0 Å². The van der Waals surface area contributed by atoms with E-state index in [0.29, 0.717) is 17.8 Å². The molecule has 2 rings (SSSR count). The molecule has 0 aromatic heterocycles. The average Bonchev–Trinajstić information content (AvgIpc) is 2.93. The Morgan fingerprint density at radius 2 is 0.900 bits per heavy atom. The fourth-order valence-electron chi connectivity index (χ4n) is 5.23. The topological polar surface area (TPSA) is 0 Å². The Hall–Kier alpha value is -1.30. The van der Waals surface area contributed by atoms with Crippen LogP contribution >= 0.6 is 0 Å². The summed E-state index contributed by atoms with van der Waals surface area (Å²) in [4.78, 5) is 0. The first-order valence-corrected chi connectivity index (χ1v) is 12.2. The zero-order valence-corrected chi connectivity index (χ0v) is 22.7. The van der Waals surface area contributed by atoms with E-state index in [1.165, 1.54) is 35.1 Å². The maximum atomic E-state index is 2.31. The Kier molecular flexibility index (Phi) is 9.65. The van der Waals surface area contributed by atoms with Gasteiger partial charge in [0.1, 0.15) is 0 Å². The van der Waals surface area contributed by atoms with Gasteiger partial charge < -0.3 is 0 Å². The molecule has 0 radical (unpaired) electrons. The summed E-state index contributed by atoms with van der Waals surface area (Å²) in [7, 11) is 0. The fourth-order valence-corrected chi connectivity index (χ4v) is 5.23. The highest BCUT2D eigenvalue weighted by Gasteiger charge is 2.22. The van der Waals surface area contributed by atoms with E-state index >= 15 is 0 Å². The largest absolute Gasteiger partial charge is 0.0625 e. The number of hydrogen-bond acceptors (Lipinski definition) is 0. The van der Waals surface area contributed by atoms with Gasteiger partial charge in [-0.2, -0.15) is 0 Å². The first-order chi connectivity index (χ1) is 13.7. The van der Waals surface area contributed by atoms with E-state index in [9.17, 15) is 0 Å². The summed E-state index contributed by atoms with van der Waals surface area (Å²) in [5.74, 6) is 2.79. The first-order valence-electron chi connectivity index (χ1n) is 12.2. The van der Waals surface area contributed by atoms with E-state index in [4.69, 9.17) is 0 Å². The molecule has 0 N–H and O–H groups in total. The van der Waals surface area contributed by atoms with Crippen molar-refractivity contribution in [2.45, 2.75) is 116 Å². The summed E-state index contributed by atoms with van der Waals surface area (Å²) < 4.78 is 0. The lowest BCUT2D eigenvalue weighted by molar-refractivity contribution is 0.640. The molecule has 0 amide bonds. The van der Waals surface area contributed by atoms with Gasteiger partial charge in [0.05, 0.1) is 0 Å². The van der Waals surface area contributed by atoms with Crippen LogP contribution in [-0.4, -0.2) is 0 Å². The Bertz CT molecular complexity index is 750. The minimum Gasteiger partial charge on any atom is -0.0625 e. The molecule has 0 heteroatoms. The lowest BCUT2D eigenvalue weighted by atomic mass is 9.82. The van der Waals surface area contributed by atoms with Crippen molar-refractivity contribution in [3.8, 4) is 0 Å². The maximum Gasteiger partial charge on any atom is -0.00917 e. The molecular weight excluding hydrogens is 360 g/mol. The zero-order valence-electron chi connectivity index (χ0n) is 22.7. The van der Waals surface area contributed by atoms with E-state index in [-0.39, 0.29) is 0 Å². The monoisotopic (exact) mass is 410 g/mol. The fraction of sp³-hybridized carbons (Fsp3) is 0.667. The van der Waals surface area contributed by atoms with Crippen LogP contribution in [0.2, 0.25) is 0 Å². The second-order valence-corrected chi connectivity index (χ2v) is 10.9. The van der Waals surface area contributed by atoms with Crippen molar-refractivity contribution in [1.82, 2.24) is 0 Å². The van der Waals surface area contributed by atoms with E-state index < -0.39 is 0 Å². The van der Waals surface area contributed by atoms with Crippen LogP contribution in [0.4, 0.5) is 0 Å². The maximum absolute atomic E-state index is 2.31. The number of rotatable bonds is 5. The number of hydrogen-bond donors (Lipinski definition) is 0. The van der Waals surface area contributed by atoms with Crippen LogP contribution < -0.4 is 0 Å². The minimum atomic E-state index is 0.625. The first kappa shape index (κ1) is 26.7. The van der Waals surface area contributed by atoms with Gasteiger partial charge >= 0.3 is 0 Å². The van der Waals surface area contributed by atoms with E-state index in [2.05, 4.69) is 96.9 Å². The third kappa shape index (κ3) is 5.89. The molecule has 0 saturated heterocycles. The summed E-state index contributed by atoms with van der Waals surface area (Å²) in [6.07, 6.45) is 2.44. The molecule has 0 unspecified atom stereocenters. The molecular formula is C30H50. The second-order valence-electron chi connectivity index (χ2n) is 10.9. The molecule has 1 aromatic rings. The van der Waals surface area contributed by atoms with Crippen LogP contribution in [0.1, 0.15) is 115 Å². The highest BCUT2D eigenvalue weighted by Crippen LogP contribution is 2.39. The molecule has 1 aromatic carbocycles. The third-order valence-electron chi connectivity index (χ3n) is 7.33. The summed E-state index contributed by atoms with van der Waals surface area (Å²) in [5.41, 5.74) is 15.6. The van der Waals surface area contributed by atoms with Crippen molar-refractivity contribution in [1.29, 1.82) is 0 Å². The molecule has 0 heterocycles. The Morgan fingerprint density at radius 1 is 0.533 bits per heavy atom. The number of benzene rings is 1. The van der Waals surface area contributed by atoms with Crippen molar-refractivity contribution in [3.63, 3.8) is 0 Å². The van der Waals surface area contributed by atoms with Crippen LogP contribution in [0.5, 0.6) is 0 Å². The van der Waals surface area contributed by atoms with Crippen molar-refractivity contribution in [3.05, 3.63) is 55.7 Å². The normalized spacial score (nSPS) is 14.6. The van der Waals surface area contributed by atoms with Crippen molar-refractivity contribution < 1.29 is 0 Å². The van der Waals surface area contributed by atoms with E-state index in [0.717, 1.165) is 5.92 Å². The molecule has 170 valence electrons. The highest BCUT2D eigenvalue weighted by atomic mass is 14.3. The predicted molar refractivity (Wildman–Crippen MR) is 138 cm³/mol. The smallest absolute Gasteiger partial charge is 0.00917 e. The van der Waals surface area contributed by atoms with Gasteiger partial charge in [0.2, 0.25) is 0 Å². The lowest BCUT2D eigenvalue weighted by Crippen LogP contribution is -2.08. The molecule has 0 bridgehead atoms. The van der Waals surface area contributed by atoms with Crippen molar-refractivity contribution in [2.24, 2.45) is 17.8 Å². The molecule has 30 heavy (non-hydrogen) atoms. The van der Waals surface area contributed by atoms with Gasteiger partial charge in [0.15, 0.2) is 0 Å². The van der Waals surface area contributed by atoms with Gasteiger partial charge in [0.25, 0.3) is 0 Å². The van der Waals surface area contributed by atoms with Gasteiger partial charge in [-0.05, 0) is 123 Å². The third-order valence-corrected chi connectivity index (χ3v) is 7.33. The summed E-state index contributed by atoms with van der Waals surface area (Å²) in [6, 6.07) is 0. The van der Waals surface area contributed by atoms with Gasteiger partial charge in [-0.3, -0.25) is 0 Å². The molecule has 1 aliphatic carbocycles.